The van der Waals surface area contributed by atoms with Gasteiger partial charge in [0.2, 0.25) is 0 Å². The topological polar surface area (TPSA) is 61.1 Å². The average molecular weight is 295 g/mol. The van der Waals surface area contributed by atoms with E-state index in [2.05, 4.69) is 4.90 Å². The maximum atomic E-state index is 11.6. The molecule has 0 atom stereocenters. The van der Waals surface area contributed by atoms with Crippen molar-refractivity contribution in [2.45, 2.75) is 25.7 Å². The van der Waals surface area contributed by atoms with Gasteiger partial charge in [-0.2, -0.15) is 0 Å². The highest BCUT2D eigenvalue weighted by Gasteiger charge is 2.31. The fourth-order valence-corrected chi connectivity index (χ4v) is 2.99. The number of rotatable bonds is 4. The molecule has 0 amide bonds. The third-order valence-corrected chi connectivity index (χ3v) is 4.18. The summed E-state index contributed by atoms with van der Waals surface area (Å²) < 4.78 is 21.3. The van der Waals surface area contributed by atoms with Gasteiger partial charge in [-0.25, -0.2) is 4.79 Å². The Balaban J connectivity index is 1.53. The number of furan rings is 1. The molecule has 2 saturated heterocycles. The first-order chi connectivity index (χ1) is 10.3. The van der Waals surface area contributed by atoms with Crippen molar-refractivity contribution in [2.75, 3.05) is 33.4 Å². The van der Waals surface area contributed by atoms with Gasteiger partial charge in [0, 0.05) is 5.92 Å². The number of methoxy groups -OCH3 is 1. The van der Waals surface area contributed by atoms with Crippen molar-refractivity contribution in [3.05, 3.63) is 23.7 Å². The average Bonchev–Trinajstić information content (AvgIpc) is 3.18. The van der Waals surface area contributed by atoms with E-state index in [-0.39, 0.29) is 12.3 Å². The van der Waals surface area contributed by atoms with Crippen LogP contribution in [-0.2, 0) is 20.8 Å². The van der Waals surface area contributed by atoms with Crippen LogP contribution < -0.4 is 0 Å². The van der Waals surface area contributed by atoms with Crippen molar-refractivity contribution >= 4 is 5.97 Å². The molecule has 0 aromatic carbocycles. The number of hydrogen-bond donors (Lipinski definition) is 0. The van der Waals surface area contributed by atoms with E-state index in [0.29, 0.717) is 37.0 Å². The molecule has 6 heteroatoms. The van der Waals surface area contributed by atoms with E-state index in [9.17, 15) is 4.79 Å². The predicted octanol–water partition coefficient (Wildman–Crippen LogP) is 1.65. The number of hydrogen-bond acceptors (Lipinski definition) is 6. The number of likely N-dealkylation sites (tertiary alicyclic amines) is 1. The molecule has 0 N–H and O–H groups in total. The Labute approximate surface area is 123 Å². The number of carbonyl (C=O) groups is 1. The van der Waals surface area contributed by atoms with Crippen LogP contribution in [0.3, 0.4) is 0 Å². The molecule has 116 valence electrons. The molecule has 2 aliphatic heterocycles. The van der Waals surface area contributed by atoms with Crippen LogP contribution in [0, 0.1) is 5.92 Å². The molecule has 0 radical (unpaired) electrons. The van der Waals surface area contributed by atoms with Crippen molar-refractivity contribution in [1.29, 1.82) is 0 Å². The fraction of sp³-hybridized carbons (Fsp3) is 0.667. The second-order valence-corrected chi connectivity index (χ2v) is 5.47. The zero-order chi connectivity index (χ0) is 14.7. The Hall–Kier alpha value is -1.37. The van der Waals surface area contributed by atoms with Gasteiger partial charge >= 0.3 is 5.97 Å². The van der Waals surface area contributed by atoms with E-state index >= 15 is 0 Å². The third-order valence-electron chi connectivity index (χ3n) is 4.18. The quantitative estimate of drug-likeness (QED) is 0.787. The SMILES string of the molecule is COC(=O)c1ccoc1CN1CCC(C2OCCO2)CC1. The van der Waals surface area contributed by atoms with Gasteiger partial charge in [-0.15, -0.1) is 0 Å². The lowest BCUT2D eigenvalue weighted by molar-refractivity contribution is -0.0980. The summed E-state index contributed by atoms with van der Waals surface area (Å²) in [6.07, 6.45) is 3.59. The van der Waals surface area contributed by atoms with Crippen LogP contribution in [-0.4, -0.2) is 50.6 Å². The first kappa shape index (κ1) is 14.6. The van der Waals surface area contributed by atoms with Gasteiger partial charge in [0.25, 0.3) is 0 Å². The third kappa shape index (κ3) is 3.28. The van der Waals surface area contributed by atoms with Crippen molar-refractivity contribution in [3.63, 3.8) is 0 Å². The summed E-state index contributed by atoms with van der Waals surface area (Å²) in [7, 11) is 1.38. The lowest BCUT2D eigenvalue weighted by Gasteiger charge is -2.33. The van der Waals surface area contributed by atoms with Crippen LogP contribution in [0.25, 0.3) is 0 Å². The van der Waals surface area contributed by atoms with Crippen molar-refractivity contribution in [3.8, 4) is 0 Å². The molecule has 21 heavy (non-hydrogen) atoms. The van der Waals surface area contributed by atoms with E-state index in [4.69, 9.17) is 18.6 Å². The van der Waals surface area contributed by atoms with Gasteiger partial charge in [0.1, 0.15) is 11.3 Å². The maximum absolute atomic E-state index is 11.6. The van der Waals surface area contributed by atoms with Gasteiger partial charge in [0.05, 0.1) is 33.1 Å². The van der Waals surface area contributed by atoms with Gasteiger partial charge in [0.15, 0.2) is 6.29 Å². The van der Waals surface area contributed by atoms with Crippen LogP contribution in [0.5, 0.6) is 0 Å². The highest BCUT2D eigenvalue weighted by atomic mass is 16.7. The van der Waals surface area contributed by atoms with Crippen molar-refractivity contribution < 1.29 is 23.4 Å². The van der Waals surface area contributed by atoms with Gasteiger partial charge in [-0.05, 0) is 32.0 Å². The standard InChI is InChI=1S/C15H21NO5/c1-18-14(17)12-4-7-19-13(12)10-16-5-2-11(3-6-16)15-20-8-9-21-15/h4,7,11,15H,2-3,5-6,8-10H2,1H3. The molecule has 0 bridgehead atoms. The summed E-state index contributed by atoms with van der Waals surface area (Å²) in [4.78, 5) is 13.9. The molecular weight excluding hydrogens is 274 g/mol. The normalized spacial score (nSPS) is 21.8. The molecule has 3 rings (SSSR count). The second kappa shape index (κ2) is 6.60. The number of nitrogens with zero attached hydrogens (tertiary/aromatic N) is 1. The number of carbonyl (C=O) groups excluding carboxylic acids is 1. The molecule has 0 saturated carbocycles. The Bertz CT molecular complexity index is 472. The first-order valence-corrected chi connectivity index (χ1v) is 7.38. The van der Waals surface area contributed by atoms with Gasteiger partial charge < -0.3 is 18.6 Å². The highest BCUT2D eigenvalue weighted by molar-refractivity contribution is 5.90. The van der Waals surface area contributed by atoms with Crippen LogP contribution in [0.2, 0.25) is 0 Å². The lowest BCUT2D eigenvalue weighted by atomic mass is 9.96. The molecular formula is C15H21NO5. The summed E-state index contributed by atoms with van der Waals surface area (Å²) in [6, 6.07) is 1.66. The highest BCUT2D eigenvalue weighted by Crippen LogP contribution is 2.27. The first-order valence-electron chi connectivity index (χ1n) is 7.38. The fourth-order valence-electron chi connectivity index (χ4n) is 2.99. The smallest absolute Gasteiger partial charge is 0.341 e. The Morgan fingerprint density at radius 2 is 2.05 bits per heavy atom. The van der Waals surface area contributed by atoms with E-state index in [0.717, 1.165) is 25.9 Å². The number of ether oxygens (including phenoxy) is 3. The zero-order valence-electron chi connectivity index (χ0n) is 12.2. The van der Waals surface area contributed by atoms with Crippen molar-refractivity contribution in [2.24, 2.45) is 5.92 Å². The van der Waals surface area contributed by atoms with E-state index in [1.54, 1.807) is 6.07 Å². The molecule has 0 unspecified atom stereocenters. The Morgan fingerprint density at radius 1 is 1.33 bits per heavy atom. The van der Waals surface area contributed by atoms with E-state index < -0.39 is 0 Å². The minimum absolute atomic E-state index is 0.0265. The molecule has 2 fully saturated rings. The van der Waals surface area contributed by atoms with Crippen LogP contribution in [0.1, 0.15) is 29.0 Å². The van der Waals surface area contributed by atoms with Crippen LogP contribution in [0.15, 0.2) is 16.7 Å². The van der Waals surface area contributed by atoms with E-state index in [1.807, 2.05) is 0 Å². The molecule has 1 aromatic rings. The summed E-state index contributed by atoms with van der Waals surface area (Å²) in [6.45, 7) is 3.96. The molecule has 0 spiro atoms. The predicted molar refractivity (Wildman–Crippen MR) is 73.7 cm³/mol. The van der Waals surface area contributed by atoms with Gasteiger partial charge in [-0.1, -0.05) is 0 Å². The molecule has 2 aliphatic rings. The monoisotopic (exact) mass is 295 g/mol. The second-order valence-electron chi connectivity index (χ2n) is 5.47. The maximum Gasteiger partial charge on any atom is 0.341 e. The van der Waals surface area contributed by atoms with Crippen LogP contribution in [0.4, 0.5) is 0 Å². The van der Waals surface area contributed by atoms with Gasteiger partial charge in [-0.3, -0.25) is 4.90 Å². The summed E-state index contributed by atoms with van der Waals surface area (Å²) in [5, 5.41) is 0. The zero-order valence-corrected chi connectivity index (χ0v) is 12.2. The minimum Gasteiger partial charge on any atom is -0.467 e. The number of esters is 1. The summed E-state index contributed by atoms with van der Waals surface area (Å²) >= 11 is 0. The molecule has 3 heterocycles. The number of piperidine rings is 1. The molecule has 0 aliphatic carbocycles. The Morgan fingerprint density at radius 3 is 2.71 bits per heavy atom. The largest absolute Gasteiger partial charge is 0.467 e. The summed E-state index contributed by atoms with van der Waals surface area (Å²) in [5.41, 5.74) is 0.516. The van der Waals surface area contributed by atoms with Crippen LogP contribution >= 0.6 is 0 Å². The Kier molecular flexibility index (Phi) is 4.57. The summed E-state index contributed by atoms with van der Waals surface area (Å²) in [5.74, 6) is 0.801. The molecule has 1 aromatic heterocycles. The van der Waals surface area contributed by atoms with E-state index in [1.165, 1.54) is 13.4 Å². The minimum atomic E-state index is -0.346. The van der Waals surface area contributed by atoms with Crippen molar-refractivity contribution in [1.82, 2.24) is 4.90 Å². The molecule has 6 nitrogen and oxygen atoms in total. The lowest BCUT2D eigenvalue weighted by Crippen LogP contribution is -2.37.